The van der Waals surface area contributed by atoms with Crippen LogP contribution in [0.25, 0.3) is 0 Å². The van der Waals surface area contributed by atoms with E-state index in [-0.39, 0.29) is 0 Å². The summed E-state index contributed by atoms with van der Waals surface area (Å²) in [6, 6.07) is 16.9. The first-order valence-corrected chi connectivity index (χ1v) is 6.61. The second-order valence-corrected chi connectivity index (χ2v) is 4.46. The van der Waals surface area contributed by atoms with Crippen molar-refractivity contribution >= 4 is 0 Å². The summed E-state index contributed by atoms with van der Waals surface area (Å²) >= 11 is 0. The van der Waals surface area contributed by atoms with Crippen LogP contribution in [0.5, 0.6) is 5.75 Å². The highest BCUT2D eigenvalue weighted by Gasteiger charge is 1.97. The molecule has 0 bridgehead atoms. The predicted molar refractivity (Wildman–Crippen MR) is 76.0 cm³/mol. The first-order chi connectivity index (χ1) is 8.81. The summed E-state index contributed by atoms with van der Waals surface area (Å²) < 4.78 is 5.81. The molecule has 0 heterocycles. The first-order valence-electron chi connectivity index (χ1n) is 6.61. The van der Waals surface area contributed by atoms with E-state index in [4.69, 9.17) is 4.74 Å². The van der Waals surface area contributed by atoms with E-state index in [1.165, 1.54) is 16.7 Å². The molecule has 2 aromatic carbocycles. The second kappa shape index (κ2) is 6.25. The first kappa shape index (κ1) is 12.7. The molecule has 0 fully saturated rings. The van der Waals surface area contributed by atoms with E-state index < -0.39 is 0 Å². The van der Waals surface area contributed by atoms with Crippen LogP contribution in [0.4, 0.5) is 0 Å². The maximum absolute atomic E-state index is 5.81. The summed E-state index contributed by atoms with van der Waals surface area (Å²) in [4.78, 5) is 0. The molecule has 18 heavy (non-hydrogen) atoms. The van der Waals surface area contributed by atoms with Crippen LogP contribution in [0.15, 0.2) is 48.5 Å². The average Bonchev–Trinajstić information content (AvgIpc) is 2.46. The monoisotopic (exact) mass is 240 g/mol. The molecule has 0 aliphatic carbocycles. The molecule has 0 aliphatic rings. The van der Waals surface area contributed by atoms with E-state index in [9.17, 15) is 0 Å². The van der Waals surface area contributed by atoms with Gasteiger partial charge < -0.3 is 4.74 Å². The number of rotatable bonds is 5. The van der Waals surface area contributed by atoms with Crippen molar-refractivity contribution < 1.29 is 4.74 Å². The summed E-state index contributed by atoms with van der Waals surface area (Å²) in [5, 5.41) is 0. The Morgan fingerprint density at radius 2 is 1.44 bits per heavy atom. The van der Waals surface area contributed by atoms with Gasteiger partial charge in [0, 0.05) is 0 Å². The lowest BCUT2D eigenvalue weighted by molar-refractivity contribution is 0.306. The van der Waals surface area contributed by atoms with Gasteiger partial charge >= 0.3 is 0 Å². The fourth-order valence-corrected chi connectivity index (χ4v) is 1.89. The molecule has 0 atom stereocenters. The number of hydrogen-bond donors (Lipinski definition) is 0. The largest absolute Gasteiger partial charge is 0.489 e. The topological polar surface area (TPSA) is 9.23 Å². The van der Waals surface area contributed by atoms with E-state index in [1.54, 1.807) is 0 Å². The van der Waals surface area contributed by atoms with Gasteiger partial charge in [0.05, 0.1) is 0 Å². The van der Waals surface area contributed by atoms with Crippen molar-refractivity contribution in [2.24, 2.45) is 0 Å². The average molecular weight is 240 g/mol. The van der Waals surface area contributed by atoms with Crippen molar-refractivity contribution in [3.05, 3.63) is 65.2 Å². The molecule has 0 N–H and O–H groups in total. The quantitative estimate of drug-likeness (QED) is 0.753. The number of benzene rings is 2. The van der Waals surface area contributed by atoms with Gasteiger partial charge in [-0.15, -0.1) is 0 Å². The van der Waals surface area contributed by atoms with Crippen molar-refractivity contribution in [2.45, 2.75) is 33.3 Å². The molecule has 0 amide bonds. The molecule has 0 spiro atoms. The van der Waals surface area contributed by atoms with Crippen LogP contribution in [0.1, 0.15) is 30.5 Å². The lowest BCUT2D eigenvalue weighted by Crippen LogP contribution is -1.96. The van der Waals surface area contributed by atoms with Gasteiger partial charge in [0.25, 0.3) is 0 Å². The molecule has 0 aromatic heterocycles. The molecule has 1 nitrogen and oxygen atoms in total. The van der Waals surface area contributed by atoms with Crippen molar-refractivity contribution in [1.29, 1.82) is 0 Å². The third kappa shape index (κ3) is 3.36. The van der Waals surface area contributed by atoms with Crippen LogP contribution >= 0.6 is 0 Å². The molecule has 0 saturated heterocycles. The molecule has 0 unspecified atom stereocenters. The fourth-order valence-electron chi connectivity index (χ4n) is 1.89. The van der Waals surface area contributed by atoms with Gasteiger partial charge in [-0.2, -0.15) is 0 Å². The van der Waals surface area contributed by atoms with Crippen LogP contribution in [0, 0.1) is 0 Å². The highest BCUT2D eigenvalue weighted by atomic mass is 16.5. The van der Waals surface area contributed by atoms with E-state index in [0.29, 0.717) is 6.61 Å². The molecule has 2 rings (SSSR count). The Labute approximate surface area is 109 Å². The smallest absolute Gasteiger partial charge is 0.120 e. The minimum Gasteiger partial charge on any atom is -0.489 e. The molecule has 94 valence electrons. The van der Waals surface area contributed by atoms with Gasteiger partial charge in [-0.3, -0.25) is 0 Å². The molecular formula is C17H20O. The minimum absolute atomic E-state index is 0.636. The van der Waals surface area contributed by atoms with E-state index in [1.807, 2.05) is 12.1 Å². The normalized spacial score (nSPS) is 10.3. The van der Waals surface area contributed by atoms with Crippen molar-refractivity contribution in [1.82, 2.24) is 0 Å². The maximum Gasteiger partial charge on any atom is 0.120 e. The third-order valence-electron chi connectivity index (χ3n) is 3.14. The van der Waals surface area contributed by atoms with Gasteiger partial charge in [0.1, 0.15) is 12.4 Å². The van der Waals surface area contributed by atoms with Crippen molar-refractivity contribution in [2.75, 3.05) is 0 Å². The highest BCUT2D eigenvalue weighted by molar-refractivity contribution is 5.29. The van der Waals surface area contributed by atoms with Gasteiger partial charge in [0.15, 0.2) is 0 Å². The summed E-state index contributed by atoms with van der Waals surface area (Å²) in [5.74, 6) is 0.953. The van der Waals surface area contributed by atoms with Gasteiger partial charge in [0.2, 0.25) is 0 Å². The Hall–Kier alpha value is -1.76. The van der Waals surface area contributed by atoms with Crippen molar-refractivity contribution in [3.8, 4) is 5.75 Å². The molecule has 0 aliphatic heterocycles. The fraction of sp³-hybridized carbons (Fsp3) is 0.294. The predicted octanol–water partition coefficient (Wildman–Crippen LogP) is 4.39. The van der Waals surface area contributed by atoms with E-state index in [0.717, 1.165) is 18.6 Å². The zero-order valence-corrected chi connectivity index (χ0v) is 11.1. The Balaban J connectivity index is 1.97. The highest BCUT2D eigenvalue weighted by Crippen LogP contribution is 2.15. The molecule has 2 aromatic rings. The van der Waals surface area contributed by atoms with Crippen LogP contribution in [-0.4, -0.2) is 0 Å². The Kier molecular flexibility index (Phi) is 4.40. The Morgan fingerprint density at radius 1 is 0.778 bits per heavy atom. The van der Waals surface area contributed by atoms with E-state index >= 15 is 0 Å². The molecular weight excluding hydrogens is 220 g/mol. The van der Waals surface area contributed by atoms with Crippen LogP contribution in [-0.2, 0) is 19.4 Å². The van der Waals surface area contributed by atoms with Crippen LogP contribution in [0.2, 0.25) is 0 Å². The van der Waals surface area contributed by atoms with E-state index in [2.05, 4.69) is 50.2 Å². The molecule has 0 saturated carbocycles. The zero-order chi connectivity index (χ0) is 12.8. The van der Waals surface area contributed by atoms with Gasteiger partial charge in [-0.1, -0.05) is 50.2 Å². The standard InChI is InChI=1S/C17H20O/c1-3-14-8-10-16(11-9-14)13-18-17-7-5-6-15(4-2)12-17/h5-12H,3-4,13H2,1-2H3. The zero-order valence-electron chi connectivity index (χ0n) is 11.1. The van der Waals surface area contributed by atoms with Gasteiger partial charge in [-0.25, -0.2) is 0 Å². The molecule has 1 heteroatoms. The maximum atomic E-state index is 5.81. The summed E-state index contributed by atoms with van der Waals surface area (Å²) in [6.07, 6.45) is 2.13. The van der Waals surface area contributed by atoms with Crippen LogP contribution < -0.4 is 4.74 Å². The second-order valence-electron chi connectivity index (χ2n) is 4.46. The number of ether oxygens (including phenoxy) is 1. The lowest BCUT2D eigenvalue weighted by atomic mass is 10.1. The number of aryl methyl sites for hydroxylation is 2. The summed E-state index contributed by atoms with van der Waals surface area (Å²) in [7, 11) is 0. The van der Waals surface area contributed by atoms with Gasteiger partial charge in [-0.05, 0) is 41.7 Å². The summed E-state index contributed by atoms with van der Waals surface area (Å²) in [5.41, 5.74) is 3.90. The minimum atomic E-state index is 0.636. The molecule has 0 radical (unpaired) electrons. The third-order valence-corrected chi connectivity index (χ3v) is 3.14. The Morgan fingerprint density at radius 3 is 2.11 bits per heavy atom. The summed E-state index contributed by atoms with van der Waals surface area (Å²) in [6.45, 7) is 4.96. The number of hydrogen-bond acceptors (Lipinski definition) is 1. The SMILES string of the molecule is CCc1ccc(COc2cccc(CC)c2)cc1. The van der Waals surface area contributed by atoms with Crippen LogP contribution in [0.3, 0.4) is 0 Å². The lowest BCUT2D eigenvalue weighted by Gasteiger charge is -2.08. The Bertz CT molecular complexity index is 485. The van der Waals surface area contributed by atoms with Crippen molar-refractivity contribution in [3.63, 3.8) is 0 Å².